The maximum absolute atomic E-state index is 12.5. The molecule has 0 aliphatic rings. The Hall–Kier alpha value is -2.39. The predicted molar refractivity (Wildman–Crippen MR) is 123 cm³/mol. The minimum Gasteiger partial charge on any atom is -0.309 e. The number of amides is 1. The minimum absolute atomic E-state index is 0.120. The van der Waals surface area contributed by atoms with E-state index in [1.54, 1.807) is 24.3 Å². The number of aryl methyl sites for hydroxylation is 1. The summed E-state index contributed by atoms with van der Waals surface area (Å²) in [6.45, 7) is 1.75. The number of hydrogen-bond donors (Lipinski definition) is 1. The van der Waals surface area contributed by atoms with Gasteiger partial charge in [-0.05, 0) is 36.6 Å². The van der Waals surface area contributed by atoms with E-state index in [1.165, 1.54) is 11.8 Å². The highest BCUT2D eigenvalue weighted by Gasteiger charge is 2.18. The lowest BCUT2D eigenvalue weighted by molar-refractivity contribution is -0.113. The summed E-state index contributed by atoms with van der Waals surface area (Å²) >= 11 is 15.0. The van der Waals surface area contributed by atoms with Crippen molar-refractivity contribution in [3.05, 3.63) is 69.7 Å². The Bertz CT molecular complexity index is 1180. The van der Waals surface area contributed by atoms with Crippen LogP contribution in [0.25, 0.3) is 16.4 Å². The average Bonchev–Trinajstić information content (AvgIpc) is 3.40. The van der Waals surface area contributed by atoms with Crippen LogP contribution in [0.2, 0.25) is 10.0 Å². The number of thioether (sulfide) groups is 1. The largest absolute Gasteiger partial charge is 0.309 e. The van der Waals surface area contributed by atoms with Crippen molar-refractivity contribution >= 4 is 58.0 Å². The molecule has 4 rings (SSSR count). The number of carbonyl (C=O) groups is 1. The highest BCUT2D eigenvalue weighted by molar-refractivity contribution is 7.99. The molecule has 0 bridgehead atoms. The van der Waals surface area contributed by atoms with Gasteiger partial charge in [0.25, 0.3) is 0 Å². The number of aromatic nitrogens is 4. The van der Waals surface area contributed by atoms with Gasteiger partial charge in [0, 0.05) is 5.69 Å². The fraction of sp³-hybridized carbons (Fsp3) is 0.100. The standard InChI is InChI=1S/C20H15Cl2N5OS2/c1-12-14(21)10-15(22)18(23-12)24-17(28)11-30-20-26-25-19(16-8-5-9-29-16)27(20)13-6-3-2-4-7-13/h2-10H,11H2,1H3,(H,23,24,28). The molecule has 0 aliphatic carbocycles. The zero-order chi connectivity index (χ0) is 21.1. The van der Waals surface area contributed by atoms with Crippen LogP contribution in [0.1, 0.15) is 5.69 Å². The van der Waals surface area contributed by atoms with Gasteiger partial charge in [0.05, 0.1) is 26.4 Å². The molecule has 3 aromatic heterocycles. The van der Waals surface area contributed by atoms with E-state index in [-0.39, 0.29) is 22.5 Å². The average molecular weight is 476 g/mol. The van der Waals surface area contributed by atoms with Crippen LogP contribution in [0, 0.1) is 6.92 Å². The molecule has 0 saturated carbocycles. The van der Waals surface area contributed by atoms with E-state index in [0.29, 0.717) is 15.9 Å². The highest BCUT2D eigenvalue weighted by Crippen LogP contribution is 2.31. The lowest BCUT2D eigenvalue weighted by Gasteiger charge is -2.10. The Labute approximate surface area is 191 Å². The summed E-state index contributed by atoms with van der Waals surface area (Å²) in [7, 11) is 0. The van der Waals surface area contributed by atoms with Gasteiger partial charge in [-0.2, -0.15) is 0 Å². The molecule has 6 nitrogen and oxygen atoms in total. The smallest absolute Gasteiger partial charge is 0.236 e. The summed E-state index contributed by atoms with van der Waals surface area (Å²) in [5.74, 6) is 0.885. The third kappa shape index (κ3) is 4.52. The molecule has 0 aliphatic heterocycles. The Morgan fingerprint density at radius 1 is 1.13 bits per heavy atom. The first-order chi connectivity index (χ1) is 14.5. The summed E-state index contributed by atoms with van der Waals surface area (Å²) < 4.78 is 1.95. The van der Waals surface area contributed by atoms with Gasteiger partial charge in [-0.1, -0.05) is 59.2 Å². The fourth-order valence-electron chi connectivity index (χ4n) is 2.68. The SMILES string of the molecule is Cc1nc(NC(=O)CSc2nnc(-c3cccs3)n2-c2ccccc2)c(Cl)cc1Cl. The van der Waals surface area contributed by atoms with Crippen molar-refractivity contribution in [2.75, 3.05) is 11.1 Å². The molecule has 1 amide bonds. The van der Waals surface area contributed by atoms with E-state index < -0.39 is 0 Å². The number of halogens is 2. The molecule has 3 heterocycles. The Morgan fingerprint density at radius 3 is 2.67 bits per heavy atom. The first-order valence-corrected chi connectivity index (χ1v) is 11.4. The molecule has 0 atom stereocenters. The number of carbonyl (C=O) groups excluding carboxylic acids is 1. The van der Waals surface area contributed by atoms with Crippen LogP contribution in [0.4, 0.5) is 5.82 Å². The van der Waals surface area contributed by atoms with Crippen LogP contribution in [0.15, 0.2) is 59.1 Å². The third-order valence-corrected chi connectivity index (χ3v) is 6.55. The molecule has 1 N–H and O–H groups in total. The molecule has 10 heteroatoms. The zero-order valence-corrected chi connectivity index (χ0v) is 18.8. The van der Waals surface area contributed by atoms with E-state index in [0.717, 1.165) is 16.4 Å². The molecule has 0 saturated heterocycles. The number of pyridine rings is 1. The van der Waals surface area contributed by atoms with E-state index >= 15 is 0 Å². The van der Waals surface area contributed by atoms with Gasteiger partial charge < -0.3 is 5.32 Å². The number of benzene rings is 1. The normalized spacial score (nSPS) is 10.9. The second-order valence-corrected chi connectivity index (χ2v) is 8.88. The molecule has 152 valence electrons. The molecule has 0 spiro atoms. The summed E-state index contributed by atoms with van der Waals surface area (Å²) in [6.07, 6.45) is 0. The molecule has 0 fully saturated rings. The Kier molecular flexibility index (Phi) is 6.38. The van der Waals surface area contributed by atoms with Gasteiger partial charge in [-0.3, -0.25) is 9.36 Å². The number of hydrogen-bond acceptors (Lipinski definition) is 6. The predicted octanol–water partition coefficient (Wildman–Crippen LogP) is 5.74. The van der Waals surface area contributed by atoms with Crippen molar-refractivity contribution in [2.24, 2.45) is 0 Å². The number of thiophene rings is 1. The summed E-state index contributed by atoms with van der Waals surface area (Å²) in [6, 6.07) is 15.3. The number of rotatable bonds is 6. The van der Waals surface area contributed by atoms with Gasteiger partial charge in [0.1, 0.15) is 0 Å². The van der Waals surface area contributed by atoms with Gasteiger partial charge >= 0.3 is 0 Å². The lowest BCUT2D eigenvalue weighted by atomic mass is 10.3. The monoisotopic (exact) mass is 475 g/mol. The van der Waals surface area contributed by atoms with Crippen molar-refractivity contribution < 1.29 is 4.79 Å². The second-order valence-electron chi connectivity index (χ2n) is 6.18. The molecular formula is C20H15Cl2N5OS2. The van der Waals surface area contributed by atoms with Crippen molar-refractivity contribution in [1.29, 1.82) is 0 Å². The van der Waals surface area contributed by atoms with Gasteiger partial charge in [-0.15, -0.1) is 21.5 Å². The van der Waals surface area contributed by atoms with Crippen LogP contribution < -0.4 is 5.32 Å². The fourth-order valence-corrected chi connectivity index (χ4v) is 4.54. The van der Waals surface area contributed by atoms with E-state index in [1.807, 2.05) is 52.4 Å². The summed E-state index contributed by atoms with van der Waals surface area (Å²) in [5, 5.41) is 14.7. The van der Waals surface area contributed by atoms with Crippen molar-refractivity contribution in [3.8, 4) is 16.4 Å². The highest BCUT2D eigenvalue weighted by atomic mass is 35.5. The quantitative estimate of drug-likeness (QED) is 0.360. The molecule has 0 unspecified atom stereocenters. The minimum atomic E-state index is -0.253. The van der Waals surface area contributed by atoms with Gasteiger partial charge in [0.2, 0.25) is 5.91 Å². The maximum atomic E-state index is 12.5. The number of para-hydroxylation sites is 1. The van der Waals surface area contributed by atoms with Crippen LogP contribution in [0.5, 0.6) is 0 Å². The van der Waals surface area contributed by atoms with Crippen molar-refractivity contribution in [3.63, 3.8) is 0 Å². The summed E-state index contributed by atoms with van der Waals surface area (Å²) in [5.41, 5.74) is 1.51. The van der Waals surface area contributed by atoms with Crippen LogP contribution in [-0.4, -0.2) is 31.4 Å². The summed E-state index contributed by atoms with van der Waals surface area (Å²) in [4.78, 5) is 17.7. The van der Waals surface area contributed by atoms with Crippen LogP contribution >= 0.6 is 46.3 Å². The molecule has 4 aromatic rings. The lowest BCUT2D eigenvalue weighted by Crippen LogP contribution is -2.16. The molecule has 0 radical (unpaired) electrons. The third-order valence-electron chi connectivity index (χ3n) is 4.08. The van der Waals surface area contributed by atoms with E-state index in [4.69, 9.17) is 23.2 Å². The molecular weight excluding hydrogens is 461 g/mol. The Morgan fingerprint density at radius 2 is 1.93 bits per heavy atom. The molecule has 1 aromatic carbocycles. The van der Waals surface area contributed by atoms with E-state index in [9.17, 15) is 4.79 Å². The number of nitrogens with one attached hydrogen (secondary N) is 1. The van der Waals surface area contributed by atoms with E-state index in [2.05, 4.69) is 20.5 Å². The second kappa shape index (κ2) is 9.18. The number of anilines is 1. The maximum Gasteiger partial charge on any atom is 0.236 e. The Balaban J connectivity index is 1.55. The topological polar surface area (TPSA) is 72.7 Å². The number of nitrogens with zero attached hydrogens (tertiary/aromatic N) is 4. The van der Waals surface area contributed by atoms with Gasteiger partial charge in [-0.25, -0.2) is 4.98 Å². The van der Waals surface area contributed by atoms with Gasteiger partial charge in [0.15, 0.2) is 16.8 Å². The van der Waals surface area contributed by atoms with Crippen LogP contribution in [0.3, 0.4) is 0 Å². The first kappa shape index (κ1) is 20.9. The van der Waals surface area contributed by atoms with Crippen molar-refractivity contribution in [2.45, 2.75) is 12.1 Å². The molecule has 30 heavy (non-hydrogen) atoms. The van der Waals surface area contributed by atoms with Crippen LogP contribution in [-0.2, 0) is 4.79 Å². The van der Waals surface area contributed by atoms with Crippen molar-refractivity contribution in [1.82, 2.24) is 19.7 Å². The zero-order valence-electron chi connectivity index (χ0n) is 15.7. The first-order valence-electron chi connectivity index (χ1n) is 8.83.